The second-order valence-corrected chi connectivity index (χ2v) is 6.04. The van der Waals surface area contributed by atoms with E-state index in [1.807, 2.05) is 0 Å². The molecule has 0 aromatic heterocycles. The van der Waals surface area contributed by atoms with Crippen molar-refractivity contribution in [3.8, 4) is 11.8 Å². The Morgan fingerprint density at radius 2 is 1.80 bits per heavy atom. The number of rotatable bonds is 3. The highest BCUT2D eigenvalue weighted by Gasteiger charge is 2.15. The largest absolute Gasteiger partial charge is 0.0945 e. The summed E-state index contributed by atoms with van der Waals surface area (Å²) in [6.07, 6.45) is 12.1. The molecule has 0 heteroatoms. The number of unbranched alkanes of at least 4 members (excludes halogenated alkanes) is 1. The van der Waals surface area contributed by atoms with Crippen molar-refractivity contribution in [3.63, 3.8) is 0 Å². The van der Waals surface area contributed by atoms with Gasteiger partial charge in [-0.15, -0.1) is 0 Å². The van der Waals surface area contributed by atoms with E-state index in [1.54, 1.807) is 0 Å². The van der Waals surface area contributed by atoms with Crippen molar-refractivity contribution in [1.82, 2.24) is 0 Å². The summed E-state index contributed by atoms with van der Waals surface area (Å²) in [6, 6.07) is 8.62. The van der Waals surface area contributed by atoms with E-state index in [0.717, 1.165) is 17.9 Å². The van der Waals surface area contributed by atoms with Gasteiger partial charge >= 0.3 is 0 Å². The maximum absolute atomic E-state index is 3.46. The first kappa shape index (κ1) is 14.9. The Bertz CT molecular complexity index is 473. The van der Waals surface area contributed by atoms with Crippen LogP contribution in [0, 0.1) is 23.7 Å². The molecule has 0 spiro atoms. The average molecular weight is 266 g/mol. The molecular weight excluding hydrogens is 240 g/mol. The van der Waals surface area contributed by atoms with Crippen LogP contribution in [0.1, 0.15) is 63.5 Å². The van der Waals surface area contributed by atoms with Crippen LogP contribution in [0.15, 0.2) is 30.3 Å². The minimum Gasteiger partial charge on any atom is -0.0945 e. The Labute approximate surface area is 124 Å². The zero-order valence-electron chi connectivity index (χ0n) is 12.9. The normalized spacial score (nSPS) is 22.5. The maximum atomic E-state index is 3.46. The van der Waals surface area contributed by atoms with E-state index in [4.69, 9.17) is 0 Å². The van der Waals surface area contributed by atoms with Crippen LogP contribution < -0.4 is 0 Å². The molecule has 0 bridgehead atoms. The zero-order chi connectivity index (χ0) is 14.2. The van der Waals surface area contributed by atoms with Gasteiger partial charge in [0.1, 0.15) is 0 Å². The summed E-state index contributed by atoms with van der Waals surface area (Å²) in [5, 5.41) is 0. The monoisotopic (exact) mass is 266 g/mol. The predicted octanol–water partition coefficient (Wildman–Crippen LogP) is 5.68. The third kappa shape index (κ3) is 4.89. The third-order valence-corrected chi connectivity index (χ3v) is 4.11. The van der Waals surface area contributed by atoms with E-state index in [2.05, 4.69) is 62.1 Å². The minimum atomic E-state index is 0.621. The summed E-state index contributed by atoms with van der Waals surface area (Å²) in [5.41, 5.74) is 2.42. The first-order valence-corrected chi connectivity index (χ1v) is 8.06. The molecule has 1 saturated carbocycles. The van der Waals surface area contributed by atoms with Crippen LogP contribution in [0.25, 0.3) is 6.08 Å². The predicted molar refractivity (Wildman–Crippen MR) is 88.4 cm³/mol. The molecule has 0 saturated heterocycles. The van der Waals surface area contributed by atoms with Crippen molar-refractivity contribution in [2.45, 2.75) is 52.4 Å². The highest BCUT2D eigenvalue weighted by molar-refractivity contribution is 5.51. The van der Waals surface area contributed by atoms with Gasteiger partial charge in [0, 0.05) is 11.5 Å². The lowest BCUT2D eigenvalue weighted by Gasteiger charge is -2.21. The maximum Gasteiger partial charge on any atom is 0.0245 e. The van der Waals surface area contributed by atoms with Crippen LogP contribution >= 0.6 is 0 Å². The molecule has 1 aliphatic carbocycles. The molecule has 0 nitrogen and oxygen atoms in total. The van der Waals surface area contributed by atoms with E-state index in [1.165, 1.54) is 37.7 Å². The van der Waals surface area contributed by atoms with Crippen LogP contribution in [0.4, 0.5) is 0 Å². The van der Waals surface area contributed by atoms with Gasteiger partial charge in [0.15, 0.2) is 0 Å². The molecule has 1 aliphatic rings. The number of hydrogen-bond donors (Lipinski definition) is 0. The highest BCUT2D eigenvalue weighted by Crippen LogP contribution is 2.27. The SMILES string of the molecule is CCC/C=C/c1ccc(C#CC2CCC(C)CC2)cc1. The molecule has 1 aromatic rings. The fourth-order valence-electron chi connectivity index (χ4n) is 2.65. The molecular formula is C20H26. The summed E-state index contributed by atoms with van der Waals surface area (Å²) in [6.45, 7) is 4.56. The lowest BCUT2D eigenvalue weighted by molar-refractivity contribution is 0.337. The Balaban J connectivity index is 1.90. The molecule has 106 valence electrons. The van der Waals surface area contributed by atoms with Gasteiger partial charge in [-0.05, 0) is 55.7 Å². The first-order chi connectivity index (χ1) is 9.78. The van der Waals surface area contributed by atoms with Gasteiger partial charge in [-0.25, -0.2) is 0 Å². The van der Waals surface area contributed by atoms with Crippen molar-refractivity contribution < 1.29 is 0 Å². The Kier molecular flexibility index (Phi) is 5.93. The summed E-state index contributed by atoms with van der Waals surface area (Å²) < 4.78 is 0. The lowest BCUT2D eigenvalue weighted by atomic mass is 9.83. The molecule has 0 atom stereocenters. The Morgan fingerprint density at radius 1 is 1.10 bits per heavy atom. The summed E-state index contributed by atoms with van der Waals surface area (Å²) >= 11 is 0. The van der Waals surface area contributed by atoms with E-state index in [-0.39, 0.29) is 0 Å². The molecule has 20 heavy (non-hydrogen) atoms. The topological polar surface area (TPSA) is 0 Å². The van der Waals surface area contributed by atoms with Gasteiger partial charge in [0.2, 0.25) is 0 Å². The van der Waals surface area contributed by atoms with Crippen LogP contribution in [0.5, 0.6) is 0 Å². The Morgan fingerprint density at radius 3 is 2.45 bits per heavy atom. The lowest BCUT2D eigenvalue weighted by Crippen LogP contribution is -2.10. The third-order valence-electron chi connectivity index (χ3n) is 4.11. The molecule has 1 fully saturated rings. The molecule has 2 rings (SSSR count). The van der Waals surface area contributed by atoms with Crippen molar-refractivity contribution >= 4 is 6.08 Å². The second kappa shape index (κ2) is 7.95. The molecule has 0 unspecified atom stereocenters. The molecule has 0 radical (unpaired) electrons. The van der Waals surface area contributed by atoms with E-state index in [9.17, 15) is 0 Å². The second-order valence-electron chi connectivity index (χ2n) is 6.04. The first-order valence-electron chi connectivity index (χ1n) is 8.06. The van der Waals surface area contributed by atoms with E-state index >= 15 is 0 Å². The van der Waals surface area contributed by atoms with Crippen molar-refractivity contribution in [2.75, 3.05) is 0 Å². The fourth-order valence-corrected chi connectivity index (χ4v) is 2.65. The number of allylic oxidation sites excluding steroid dienone is 1. The van der Waals surface area contributed by atoms with Gasteiger partial charge in [-0.3, -0.25) is 0 Å². The van der Waals surface area contributed by atoms with Crippen LogP contribution in [-0.2, 0) is 0 Å². The summed E-state index contributed by atoms with van der Waals surface area (Å²) in [5.74, 6) is 8.34. The fraction of sp³-hybridized carbons (Fsp3) is 0.500. The van der Waals surface area contributed by atoms with E-state index < -0.39 is 0 Å². The van der Waals surface area contributed by atoms with Gasteiger partial charge in [0.25, 0.3) is 0 Å². The van der Waals surface area contributed by atoms with E-state index in [0.29, 0.717) is 5.92 Å². The molecule has 1 aromatic carbocycles. The molecule has 0 N–H and O–H groups in total. The summed E-state index contributed by atoms with van der Waals surface area (Å²) in [4.78, 5) is 0. The smallest absolute Gasteiger partial charge is 0.0245 e. The van der Waals surface area contributed by atoms with Gasteiger partial charge in [-0.2, -0.15) is 0 Å². The quantitative estimate of drug-likeness (QED) is 0.618. The van der Waals surface area contributed by atoms with Gasteiger partial charge in [-0.1, -0.05) is 56.4 Å². The Hall–Kier alpha value is -1.48. The number of benzene rings is 1. The average Bonchev–Trinajstić information content (AvgIpc) is 2.48. The summed E-state index contributed by atoms with van der Waals surface area (Å²) in [7, 11) is 0. The van der Waals surface area contributed by atoms with Crippen molar-refractivity contribution in [3.05, 3.63) is 41.5 Å². The van der Waals surface area contributed by atoms with Crippen molar-refractivity contribution in [1.29, 1.82) is 0 Å². The number of hydrogen-bond acceptors (Lipinski definition) is 0. The van der Waals surface area contributed by atoms with Gasteiger partial charge in [0.05, 0.1) is 0 Å². The van der Waals surface area contributed by atoms with Crippen molar-refractivity contribution in [2.24, 2.45) is 11.8 Å². The van der Waals surface area contributed by atoms with Gasteiger partial charge < -0.3 is 0 Å². The minimum absolute atomic E-state index is 0.621. The highest BCUT2D eigenvalue weighted by atomic mass is 14.2. The van der Waals surface area contributed by atoms with Crippen LogP contribution in [-0.4, -0.2) is 0 Å². The molecule has 0 amide bonds. The molecule has 0 heterocycles. The molecule has 0 aliphatic heterocycles. The van der Waals surface area contributed by atoms with Crippen LogP contribution in [0.3, 0.4) is 0 Å². The van der Waals surface area contributed by atoms with Crippen LogP contribution in [0.2, 0.25) is 0 Å². The standard InChI is InChI=1S/C20H26/c1-3-4-5-6-18-11-13-20(14-12-18)16-15-19-9-7-17(2)8-10-19/h5-6,11-14,17,19H,3-4,7-10H2,1-2H3/b6-5+. The zero-order valence-corrected chi connectivity index (χ0v) is 12.9.